The molecule has 0 aliphatic carbocycles. The molecule has 0 fully saturated rings. The van der Waals surface area contributed by atoms with Crippen molar-refractivity contribution in [1.29, 1.82) is 0 Å². The van der Waals surface area contributed by atoms with Crippen molar-refractivity contribution >= 4 is 25.7 Å². The summed E-state index contributed by atoms with van der Waals surface area (Å²) in [6.07, 6.45) is 71.3. The van der Waals surface area contributed by atoms with Gasteiger partial charge < -0.3 is 24.2 Å². The summed E-state index contributed by atoms with van der Waals surface area (Å²) in [5.41, 5.74) is 0. The van der Waals surface area contributed by atoms with Crippen LogP contribution in [0.25, 0.3) is 0 Å². The molecule has 0 aliphatic rings. The van der Waals surface area contributed by atoms with E-state index in [1.54, 1.807) is 0 Å². The van der Waals surface area contributed by atoms with Crippen LogP contribution in [-0.2, 0) is 42.2 Å². The molecule has 0 aromatic rings. The summed E-state index contributed by atoms with van der Waals surface area (Å²) in [7, 11) is -4.76. The molecule has 80 heavy (non-hydrogen) atoms. The van der Waals surface area contributed by atoms with Crippen molar-refractivity contribution in [1.82, 2.24) is 0 Å². The van der Waals surface area contributed by atoms with Gasteiger partial charge in [0.15, 0.2) is 6.10 Å². The maximum atomic E-state index is 13.0. The third kappa shape index (κ3) is 59.5. The Morgan fingerprint density at radius 2 is 0.650 bits per heavy atom. The van der Waals surface area contributed by atoms with Gasteiger partial charge in [0, 0.05) is 19.3 Å². The van der Waals surface area contributed by atoms with E-state index in [9.17, 15) is 28.9 Å². The van der Waals surface area contributed by atoms with Crippen LogP contribution in [0.4, 0.5) is 0 Å². The average molecular weight is 1150 g/mol. The van der Waals surface area contributed by atoms with Gasteiger partial charge >= 0.3 is 25.7 Å². The van der Waals surface area contributed by atoms with Crippen molar-refractivity contribution in [3.63, 3.8) is 0 Å². The third-order valence-corrected chi connectivity index (χ3v) is 15.0. The lowest BCUT2D eigenvalue weighted by atomic mass is 10.1. The van der Waals surface area contributed by atoms with Gasteiger partial charge in [-0.3, -0.25) is 23.4 Å². The molecule has 0 aromatic carbocycles. The highest BCUT2D eigenvalue weighted by Gasteiger charge is 2.28. The maximum absolute atomic E-state index is 13.0. The van der Waals surface area contributed by atoms with Crippen LogP contribution in [0.3, 0.4) is 0 Å². The Morgan fingerprint density at radius 1 is 0.362 bits per heavy atom. The van der Waals surface area contributed by atoms with E-state index in [1.165, 1.54) is 128 Å². The van der Waals surface area contributed by atoms with E-state index in [0.717, 1.165) is 116 Å². The lowest BCUT2D eigenvalue weighted by Crippen LogP contribution is -2.30. The first kappa shape index (κ1) is 76.9. The van der Waals surface area contributed by atoms with E-state index in [0.29, 0.717) is 19.3 Å². The van der Waals surface area contributed by atoms with Crippen LogP contribution in [0.5, 0.6) is 0 Å². The normalized spacial score (nSPS) is 13.7. The summed E-state index contributed by atoms with van der Waals surface area (Å²) in [5.74, 6) is -1.48. The van der Waals surface area contributed by atoms with Crippen molar-refractivity contribution in [3.05, 3.63) is 72.9 Å². The minimum atomic E-state index is -4.76. The molecule has 464 valence electrons. The molecule has 11 nitrogen and oxygen atoms in total. The Morgan fingerprint density at radius 3 is 1.01 bits per heavy atom. The number of allylic oxidation sites excluding steroid dienone is 12. The second-order valence-corrected chi connectivity index (χ2v) is 23.3. The van der Waals surface area contributed by atoms with Crippen molar-refractivity contribution < 1.29 is 52.2 Å². The predicted molar refractivity (Wildman–Crippen MR) is 335 cm³/mol. The number of unbranched alkanes of at least 4 members (excludes halogenated alkanes) is 32. The molecule has 0 aliphatic heterocycles. The van der Waals surface area contributed by atoms with Gasteiger partial charge in [0.05, 0.1) is 19.8 Å². The number of aliphatic hydroxyl groups excluding tert-OH is 1. The van der Waals surface area contributed by atoms with Gasteiger partial charge in [-0.05, 0) is 109 Å². The fourth-order valence-corrected chi connectivity index (χ4v) is 9.89. The smallest absolute Gasteiger partial charge is 0.462 e. The van der Waals surface area contributed by atoms with E-state index in [1.807, 2.05) is 0 Å². The first-order chi connectivity index (χ1) is 39.2. The van der Waals surface area contributed by atoms with Gasteiger partial charge in [-0.2, -0.15) is 0 Å². The topological polar surface area (TPSA) is 155 Å². The highest BCUT2D eigenvalue weighted by molar-refractivity contribution is 7.47. The lowest BCUT2D eigenvalue weighted by Gasteiger charge is -2.21. The molecule has 0 rings (SSSR count). The minimum Gasteiger partial charge on any atom is -0.462 e. The molecule has 0 bridgehead atoms. The van der Waals surface area contributed by atoms with Crippen molar-refractivity contribution in [3.8, 4) is 0 Å². The predicted octanol–water partition coefficient (Wildman–Crippen LogP) is 20.0. The molecule has 0 saturated heterocycles. The van der Waals surface area contributed by atoms with Crippen LogP contribution < -0.4 is 0 Å². The summed E-state index contributed by atoms with van der Waals surface area (Å²) in [6, 6.07) is 0. The fraction of sp³-hybridized carbons (Fsp3) is 0.779. The molecule has 3 unspecified atom stereocenters. The molecule has 0 spiro atoms. The Bertz CT molecular complexity index is 1620. The number of esters is 3. The quantitative estimate of drug-likeness (QED) is 0.0197. The lowest BCUT2D eigenvalue weighted by molar-refractivity contribution is -0.161. The monoisotopic (exact) mass is 1140 g/mol. The third-order valence-electron chi connectivity index (χ3n) is 14.1. The zero-order valence-corrected chi connectivity index (χ0v) is 52.4. The number of hydrogen-bond acceptors (Lipinski definition) is 10. The molecule has 0 saturated carbocycles. The average Bonchev–Trinajstić information content (AvgIpc) is 3.45. The standard InChI is InChI=1S/C68H121O11P/c1-4-7-10-13-16-19-22-25-28-31-32-35-38-41-44-47-50-53-56-59-68(72)79-65(61-75-66(70)57-54-51-48-45-42-39-36-33-29-26-23-20-17-14-11-8-5-2)63-77-80(73,74)76-62-64(60-69)78-67(71)58-55-52-49-46-43-40-37-34-30-27-24-21-18-15-12-9-6-3/h7,10,16,19,25-30,32,35,64-65,69H,4-6,8-9,11-15,17-18,20-24,31,33-34,36-63H2,1-3H3,(H,73,74)/b10-7-,19-16-,28-25-,29-26-,30-27-,35-32-. The molecule has 0 heterocycles. The second kappa shape index (κ2) is 62.0. The highest BCUT2D eigenvalue weighted by atomic mass is 31.2. The number of carbonyl (C=O) groups is 3. The second-order valence-electron chi connectivity index (χ2n) is 21.9. The summed E-state index contributed by atoms with van der Waals surface area (Å²) < 4.78 is 39.7. The molecular weight excluding hydrogens is 1020 g/mol. The number of rotatable bonds is 61. The zero-order valence-electron chi connectivity index (χ0n) is 51.5. The number of hydrogen-bond donors (Lipinski definition) is 2. The molecule has 0 radical (unpaired) electrons. The van der Waals surface area contributed by atoms with Gasteiger partial charge in [-0.1, -0.05) is 248 Å². The Balaban J connectivity index is 4.72. The van der Waals surface area contributed by atoms with Crippen molar-refractivity contribution in [2.45, 2.75) is 315 Å². The number of aliphatic hydroxyl groups is 1. The van der Waals surface area contributed by atoms with Gasteiger partial charge in [-0.25, -0.2) is 4.57 Å². The van der Waals surface area contributed by atoms with Crippen LogP contribution in [-0.4, -0.2) is 66.5 Å². The van der Waals surface area contributed by atoms with E-state index >= 15 is 0 Å². The summed E-state index contributed by atoms with van der Waals surface area (Å²) >= 11 is 0. The van der Waals surface area contributed by atoms with E-state index in [4.69, 9.17) is 23.3 Å². The maximum Gasteiger partial charge on any atom is 0.472 e. The molecule has 2 N–H and O–H groups in total. The number of ether oxygens (including phenoxy) is 3. The van der Waals surface area contributed by atoms with Crippen LogP contribution in [0.1, 0.15) is 303 Å². The van der Waals surface area contributed by atoms with Crippen molar-refractivity contribution in [2.24, 2.45) is 0 Å². The Labute approximate surface area is 490 Å². The van der Waals surface area contributed by atoms with Gasteiger partial charge in [-0.15, -0.1) is 0 Å². The first-order valence-electron chi connectivity index (χ1n) is 32.8. The number of phosphoric acid groups is 1. The van der Waals surface area contributed by atoms with E-state index in [2.05, 4.69) is 93.7 Å². The first-order valence-corrected chi connectivity index (χ1v) is 34.3. The number of phosphoric ester groups is 1. The van der Waals surface area contributed by atoms with Gasteiger partial charge in [0.1, 0.15) is 12.7 Å². The molecular formula is C68H121O11P. The van der Waals surface area contributed by atoms with Gasteiger partial charge in [0.2, 0.25) is 0 Å². The Kier molecular flexibility index (Phi) is 59.6. The van der Waals surface area contributed by atoms with E-state index in [-0.39, 0.29) is 25.9 Å². The molecule has 0 aromatic heterocycles. The summed E-state index contributed by atoms with van der Waals surface area (Å²) in [4.78, 5) is 48.8. The Hall–Kier alpha value is -3.08. The molecule has 0 amide bonds. The minimum absolute atomic E-state index is 0.149. The number of carbonyl (C=O) groups excluding carboxylic acids is 3. The van der Waals surface area contributed by atoms with Gasteiger partial charge in [0.25, 0.3) is 0 Å². The summed E-state index contributed by atoms with van der Waals surface area (Å²) in [6.45, 7) is 4.55. The van der Waals surface area contributed by atoms with Crippen molar-refractivity contribution in [2.75, 3.05) is 26.4 Å². The van der Waals surface area contributed by atoms with Crippen LogP contribution in [0, 0.1) is 0 Å². The zero-order chi connectivity index (χ0) is 58.3. The van der Waals surface area contributed by atoms with Crippen LogP contribution in [0.15, 0.2) is 72.9 Å². The largest absolute Gasteiger partial charge is 0.472 e. The van der Waals surface area contributed by atoms with Crippen LogP contribution in [0.2, 0.25) is 0 Å². The fourth-order valence-electron chi connectivity index (χ4n) is 9.10. The van der Waals surface area contributed by atoms with E-state index < -0.39 is 57.8 Å². The van der Waals surface area contributed by atoms with Crippen LogP contribution >= 0.6 is 7.82 Å². The molecule has 3 atom stereocenters. The summed E-state index contributed by atoms with van der Waals surface area (Å²) in [5, 5.41) is 9.86. The molecule has 12 heteroatoms. The highest BCUT2D eigenvalue weighted by Crippen LogP contribution is 2.43. The SMILES string of the molecule is CC/C=C\C/C=C\C/C=C\C/C=C\CCCCCCCCC(=O)OC(COC(=O)CCCCCCCCC/C=C\CCCCCCCC)COP(=O)(O)OCC(CO)OC(=O)CCCCCCCCC/C=C\CCCCCCCC.